The lowest BCUT2D eigenvalue weighted by Gasteiger charge is -2.06. The maximum atomic E-state index is 12.2. The van der Waals surface area contributed by atoms with Crippen molar-refractivity contribution < 1.29 is 31.5 Å². The van der Waals surface area contributed by atoms with E-state index in [2.05, 4.69) is 9.82 Å². The zero-order chi connectivity index (χ0) is 16.8. The lowest BCUT2D eigenvalue weighted by Crippen LogP contribution is -2.26. The molecule has 22 heavy (non-hydrogen) atoms. The van der Waals surface area contributed by atoms with E-state index >= 15 is 0 Å². The molecule has 1 rings (SSSR count). The van der Waals surface area contributed by atoms with Crippen molar-refractivity contribution in [2.24, 2.45) is 0 Å². The largest absolute Gasteiger partial charge is 0.481 e. The molecule has 0 aliphatic rings. The summed E-state index contributed by atoms with van der Waals surface area (Å²) < 4.78 is 62.8. The first-order valence-electron chi connectivity index (χ1n) is 6.42. The molecule has 0 radical (unpaired) electrons. The Hall–Kier alpha value is -1.62. The fraction of sp³-hybridized carbons (Fsp3) is 0.636. The molecule has 1 aromatic heterocycles. The lowest BCUT2D eigenvalue weighted by molar-refractivity contribution is -0.142. The van der Waals surface area contributed by atoms with Crippen LogP contribution >= 0.6 is 0 Å². The summed E-state index contributed by atoms with van der Waals surface area (Å²) in [6.07, 6.45) is -2.15. The van der Waals surface area contributed by atoms with Crippen LogP contribution in [0.1, 0.15) is 25.7 Å². The van der Waals surface area contributed by atoms with Gasteiger partial charge in [0.1, 0.15) is 6.54 Å². The first-order valence-corrected chi connectivity index (χ1v) is 7.90. The second-order valence-electron chi connectivity index (χ2n) is 4.57. The van der Waals surface area contributed by atoms with Crippen molar-refractivity contribution in [3.63, 3.8) is 0 Å². The molecule has 2 N–H and O–H groups in total. The highest BCUT2D eigenvalue weighted by molar-refractivity contribution is 7.89. The number of carbonyl (C=O) groups is 1. The summed E-state index contributed by atoms with van der Waals surface area (Å²) in [5.74, 6) is -0.921. The third kappa shape index (κ3) is 6.89. The van der Waals surface area contributed by atoms with Gasteiger partial charge in [0, 0.05) is 19.2 Å². The van der Waals surface area contributed by atoms with Crippen molar-refractivity contribution in [2.45, 2.75) is 43.4 Å². The maximum Gasteiger partial charge on any atom is 0.408 e. The number of aliphatic carboxylic acids is 1. The van der Waals surface area contributed by atoms with Crippen LogP contribution in [0.2, 0.25) is 0 Å². The molecule has 0 unspecified atom stereocenters. The van der Waals surface area contributed by atoms with E-state index in [0.717, 1.165) is 12.3 Å². The van der Waals surface area contributed by atoms with Gasteiger partial charge in [-0.25, -0.2) is 13.1 Å². The number of carboxylic acids is 1. The highest BCUT2D eigenvalue weighted by atomic mass is 32.2. The Morgan fingerprint density at radius 3 is 2.59 bits per heavy atom. The molecule has 11 heteroatoms. The van der Waals surface area contributed by atoms with Gasteiger partial charge in [0.15, 0.2) is 5.03 Å². The first kappa shape index (κ1) is 18.4. The number of hydrogen-bond donors (Lipinski definition) is 2. The minimum absolute atomic E-state index is 0.00853. The molecular weight excluding hydrogens is 327 g/mol. The maximum absolute atomic E-state index is 12.2. The van der Waals surface area contributed by atoms with Crippen molar-refractivity contribution in [1.82, 2.24) is 14.5 Å². The number of hydrogen-bond acceptors (Lipinski definition) is 4. The molecule has 0 amide bonds. The number of nitrogens with zero attached hydrogens (tertiary/aromatic N) is 2. The summed E-state index contributed by atoms with van der Waals surface area (Å²) in [4.78, 5) is 10.3. The van der Waals surface area contributed by atoms with Crippen molar-refractivity contribution in [2.75, 3.05) is 6.54 Å². The molecular formula is C11H16F3N3O4S. The predicted octanol–water partition coefficient (Wildman–Crippen LogP) is 1.37. The van der Waals surface area contributed by atoms with Crippen LogP contribution in [-0.4, -0.2) is 42.0 Å². The van der Waals surface area contributed by atoms with E-state index in [1.165, 1.54) is 0 Å². The lowest BCUT2D eigenvalue weighted by atomic mass is 10.2. The van der Waals surface area contributed by atoms with Crippen molar-refractivity contribution in [3.05, 3.63) is 12.3 Å². The second kappa shape index (κ2) is 7.58. The highest BCUT2D eigenvalue weighted by Gasteiger charge is 2.29. The molecule has 7 nitrogen and oxygen atoms in total. The van der Waals surface area contributed by atoms with Crippen LogP contribution in [0.3, 0.4) is 0 Å². The van der Waals surface area contributed by atoms with Crippen LogP contribution < -0.4 is 4.72 Å². The summed E-state index contributed by atoms with van der Waals surface area (Å²) in [5, 5.41) is 11.3. The van der Waals surface area contributed by atoms with Crippen LogP contribution in [0.5, 0.6) is 0 Å². The fourth-order valence-electron chi connectivity index (χ4n) is 1.62. The van der Waals surface area contributed by atoms with E-state index in [-0.39, 0.29) is 13.0 Å². The minimum atomic E-state index is -4.48. The molecule has 1 heterocycles. The Morgan fingerprint density at radius 2 is 2.00 bits per heavy atom. The number of sulfonamides is 1. The van der Waals surface area contributed by atoms with E-state index < -0.39 is 33.7 Å². The summed E-state index contributed by atoms with van der Waals surface area (Å²) >= 11 is 0. The molecule has 0 bridgehead atoms. The van der Waals surface area contributed by atoms with Gasteiger partial charge in [0.2, 0.25) is 0 Å². The fourth-order valence-corrected chi connectivity index (χ4v) is 2.63. The van der Waals surface area contributed by atoms with Gasteiger partial charge in [0.05, 0.1) is 0 Å². The summed E-state index contributed by atoms with van der Waals surface area (Å²) in [6.45, 7) is -1.30. The number of rotatable bonds is 9. The number of carboxylic acid groups (broad SMARTS) is 1. The third-order valence-corrected chi connectivity index (χ3v) is 3.94. The normalized spacial score (nSPS) is 12.5. The summed E-state index contributed by atoms with van der Waals surface area (Å²) in [5.41, 5.74) is 0. The molecule has 0 saturated carbocycles. The molecule has 0 aliphatic carbocycles. The molecule has 0 aliphatic heterocycles. The van der Waals surface area contributed by atoms with Crippen LogP contribution in [0.15, 0.2) is 17.3 Å². The Bertz CT molecular complexity index is 598. The van der Waals surface area contributed by atoms with E-state index in [1.807, 2.05) is 0 Å². The van der Waals surface area contributed by atoms with Gasteiger partial charge in [-0.3, -0.25) is 9.48 Å². The average molecular weight is 343 g/mol. The van der Waals surface area contributed by atoms with Gasteiger partial charge < -0.3 is 5.11 Å². The van der Waals surface area contributed by atoms with E-state index in [0.29, 0.717) is 23.9 Å². The van der Waals surface area contributed by atoms with Crippen LogP contribution in [-0.2, 0) is 21.4 Å². The quantitative estimate of drug-likeness (QED) is 0.660. The average Bonchev–Trinajstić information content (AvgIpc) is 2.80. The molecule has 0 fully saturated rings. The highest BCUT2D eigenvalue weighted by Crippen LogP contribution is 2.17. The van der Waals surface area contributed by atoms with Gasteiger partial charge in [-0.2, -0.15) is 18.3 Å². The standard InChI is InChI=1S/C11H16F3N3O4S/c12-11(13,14)8-17-7-5-9(16-17)22(20,21)15-6-3-1-2-4-10(18)19/h5,7,15H,1-4,6,8H2,(H,18,19). The predicted molar refractivity (Wildman–Crippen MR) is 69.6 cm³/mol. The number of alkyl halides is 3. The minimum Gasteiger partial charge on any atom is -0.481 e. The van der Waals surface area contributed by atoms with Crippen molar-refractivity contribution in [3.8, 4) is 0 Å². The smallest absolute Gasteiger partial charge is 0.408 e. The monoisotopic (exact) mass is 343 g/mol. The summed E-state index contributed by atoms with van der Waals surface area (Å²) in [6, 6.07) is 0.985. The zero-order valence-corrected chi connectivity index (χ0v) is 12.3. The van der Waals surface area contributed by atoms with Crippen LogP contribution in [0.25, 0.3) is 0 Å². The molecule has 0 aromatic carbocycles. The van der Waals surface area contributed by atoms with Gasteiger partial charge in [-0.05, 0) is 18.9 Å². The summed E-state index contributed by atoms with van der Waals surface area (Å²) in [7, 11) is -3.96. The van der Waals surface area contributed by atoms with Gasteiger partial charge >= 0.3 is 12.1 Å². The molecule has 126 valence electrons. The van der Waals surface area contributed by atoms with Crippen LogP contribution in [0.4, 0.5) is 13.2 Å². The Labute approximate surface area is 125 Å². The van der Waals surface area contributed by atoms with Gasteiger partial charge in [-0.1, -0.05) is 6.42 Å². The SMILES string of the molecule is O=C(O)CCCCCNS(=O)(=O)c1ccn(CC(F)(F)F)n1. The molecule has 1 aromatic rings. The van der Waals surface area contributed by atoms with Gasteiger partial charge in [-0.15, -0.1) is 0 Å². The Balaban J connectivity index is 2.44. The third-order valence-electron chi connectivity index (χ3n) is 2.59. The molecule has 0 saturated heterocycles. The number of unbranched alkanes of at least 4 members (excludes halogenated alkanes) is 2. The van der Waals surface area contributed by atoms with E-state index in [1.54, 1.807) is 0 Å². The van der Waals surface area contributed by atoms with Crippen LogP contribution in [0, 0.1) is 0 Å². The van der Waals surface area contributed by atoms with Crippen molar-refractivity contribution >= 4 is 16.0 Å². The number of aromatic nitrogens is 2. The zero-order valence-electron chi connectivity index (χ0n) is 11.5. The molecule has 0 atom stereocenters. The number of nitrogens with one attached hydrogen (secondary N) is 1. The molecule has 0 spiro atoms. The Morgan fingerprint density at radius 1 is 1.32 bits per heavy atom. The first-order chi connectivity index (χ1) is 10.1. The topological polar surface area (TPSA) is 101 Å². The number of halogens is 3. The van der Waals surface area contributed by atoms with Crippen molar-refractivity contribution in [1.29, 1.82) is 0 Å². The van der Waals surface area contributed by atoms with Gasteiger partial charge in [0.25, 0.3) is 10.0 Å². The van der Waals surface area contributed by atoms with E-state index in [4.69, 9.17) is 5.11 Å². The van der Waals surface area contributed by atoms with E-state index in [9.17, 15) is 26.4 Å². The second-order valence-corrected chi connectivity index (χ2v) is 6.28. The Kier molecular flexibility index (Phi) is 6.35.